The number of anilines is 1. The third kappa shape index (κ3) is 2.61. The molecule has 2 N–H and O–H groups in total. The van der Waals surface area contributed by atoms with E-state index in [1.807, 2.05) is 0 Å². The first-order valence-corrected chi connectivity index (χ1v) is 8.31. The van der Waals surface area contributed by atoms with E-state index in [9.17, 15) is 4.79 Å². The SMILES string of the molecule is Cc1cc(-c2nc(N)c3cc(C(=O)N4CCOCC4)sc3n2)no1. The molecule has 0 aliphatic carbocycles. The lowest BCUT2D eigenvalue weighted by molar-refractivity contribution is 0.0306. The Kier molecular flexibility index (Phi) is 3.66. The van der Waals surface area contributed by atoms with Crippen LogP contribution in [0.4, 0.5) is 5.82 Å². The summed E-state index contributed by atoms with van der Waals surface area (Å²) in [6.07, 6.45) is 0. The number of fused-ring (bicyclic) bond motifs is 1. The second-order valence-electron chi connectivity index (χ2n) is 5.49. The van der Waals surface area contributed by atoms with Crippen molar-refractivity contribution in [2.75, 3.05) is 32.0 Å². The third-order valence-corrected chi connectivity index (χ3v) is 4.81. The molecule has 4 heterocycles. The van der Waals surface area contributed by atoms with Gasteiger partial charge in [0.15, 0.2) is 11.5 Å². The van der Waals surface area contributed by atoms with Crippen LogP contribution >= 0.6 is 11.3 Å². The maximum atomic E-state index is 12.6. The van der Waals surface area contributed by atoms with Gasteiger partial charge >= 0.3 is 0 Å². The summed E-state index contributed by atoms with van der Waals surface area (Å²) >= 11 is 1.31. The molecule has 0 bridgehead atoms. The second-order valence-corrected chi connectivity index (χ2v) is 6.52. The quantitative estimate of drug-likeness (QED) is 0.753. The first-order chi connectivity index (χ1) is 11.6. The fraction of sp³-hybridized carbons (Fsp3) is 0.333. The highest BCUT2D eigenvalue weighted by atomic mass is 32.1. The fourth-order valence-electron chi connectivity index (χ4n) is 2.56. The van der Waals surface area contributed by atoms with Gasteiger partial charge < -0.3 is 19.9 Å². The maximum absolute atomic E-state index is 12.6. The Morgan fingerprint density at radius 3 is 2.79 bits per heavy atom. The minimum Gasteiger partial charge on any atom is -0.383 e. The number of rotatable bonds is 2. The van der Waals surface area contributed by atoms with E-state index in [-0.39, 0.29) is 5.91 Å². The van der Waals surface area contributed by atoms with Crippen molar-refractivity contribution in [1.82, 2.24) is 20.0 Å². The van der Waals surface area contributed by atoms with Crippen molar-refractivity contribution in [2.45, 2.75) is 6.92 Å². The van der Waals surface area contributed by atoms with E-state index < -0.39 is 0 Å². The molecule has 0 spiro atoms. The van der Waals surface area contributed by atoms with E-state index in [4.69, 9.17) is 15.0 Å². The number of hydrogen-bond donors (Lipinski definition) is 1. The number of carbonyl (C=O) groups excluding carboxylic acids is 1. The van der Waals surface area contributed by atoms with Gasteiger partial charge in [0.2, 0.25) is 0 Å². The molecule has 1 aliphatic heterocycles. The number of aryl methyl sites for hydroxylation is 1. The van der Waals surface area contributed by atoms with Crippen LogP contribution in [-0.4, -0.2) is 52.2 Å². The van der Waals surface area contributed by atoms with Crippen LogP contribution in [0, 0.1) is 6.92 Å². The molecule has 3 aromatic heterocycles. The number of nitrogens with zero attached hydrogens (tertiary/aromatic N) is 4. The first-order valence-electron chi connectivity index (χ1n) is 7.49. The van der Waals surface area contributed by atoms with Gasteiger partial charge in [0.1, 0.15) is 16.4 Å². The molecule has 9 heteroatoms. The zero-order valence-electron chi connectivity index (χ0n) is 13.0. The van der Waals surface area contributed by atoms with E-state index in [1.54, 1.807) is 24.0 Å². The Hall–Kier alpha value is -2.52. The second kappa shape index (κ2) is 5.84. The molecular formula is C15H15N5O3S. The topological polar surface area (TPSA) is 107 Å². The molecule has 0 unspecified atom stereocenters. The van der Waals surface area contributed by atoms with Gasteiger partial charge in [-0.3, -0.25) is 4.79 Å². The molecule has 4 rings (SSSR count). The van der Waals surface area contributed by atoms with Crippen LogP contribution < -0.4 is 5.73 Å². The zero-order chi connectivity index (χ0) is 16.7. The monoisotopic (exact) mass is 345 g/mol. The number of hydrogen-bond acceptors (Lipinski definition) is 8. The Balaban J connectivity index is 1.72. The van der Waals surface area contributed by atoms with Crippen molar-refractivity contribution in [3.05, 3.63) is 22.8 Å². The van der Waals surface area contributed by atoms with Crippen LogP contribution in [0.3, 0.4) is 0 Å². The number of nitrogens with two attached hydrogens (primary N) is 1. The zero-order valence-corrected chi connectivity index (χ0v) is 13.8. The van der Waals surface area contributed by atoms with Gasteiger partial charge in [-0.1, -0.05) is 5.16 Å². The predicted molar refractivity (Wildman–Crippen MR) is 88.8 cm³/mol. The number of thiophene rings is 1. The molecular weight excluding hydrogens is 330 g/mol. The molecule has 0 atom stereocenters. The van der Waals surface area contributed by atoms with Crippen molar-refractivity contribution in [3.63, 3.8) is 0 Å². The summed E-state index contributed by atoms with van der Waals surface area (Å²) in [5, 5.41) is 4.59. The minimum absolute atomic E-state index is 0.0282. The number of carbonyl (C=O) groups is 1. The van der Waals surface area contributed by atoms with E-state index >= 15 is 0 Å². The van der Waals surface area contributed by atoms with Gasteiger partial charge in [-0.05, 0) is 13.0 Å². The molecule has 8 nitrogen and oxygen atoms in total. The number of nitrogen functional groups attached to an aromatic ring is 1. The van der Waals surface area contributed by atoms with Gasteiger partial charge in [0.05, 0.1) is 23.5 Å². The summed E-state index contributed by atoms with van der Waals surface area (Å²) in [6, 6.07) is 3.50. The van der Waals surface area contributed by atoms with Crippen molar-refractivity contribution < 1.29 is 14.1 Å². The average Bonchev–Trinajstić information content (AvgIpc) is 3.21. The molecule has 1 fully saturated rings. The number of ether oxygens (including phenoxy) is 1. The Morgan fingerprint density at radius 1 is 1.29 bits per heavy atom. The van der Waals surface area contributed by atoms with Gasteiger partial charge in [-0.25, -0.2) is 9.97 Å². The minimum atomic E-state index is -0.0282. The fourth-order valence-corrected chi connectivity index (χ4v) is 3.56. The van der Waals surface area contributed by atoms with Crippen LogP contribution in [0.1, 0.15) is 15.4 Å². The van der Waals surface area contributed by atoms with E-state index in [0.29, 0.717) is 64.5 Å². The Morgan fingerprint density at radius 2 is 2.08 bits per heavy atom. The van der Waals surface area contributed by atoms with Crippen LogP contribution in [0.2, 0.25) is 0 Å². The predicted octanol–water partition coefficient (Wildman–Crippen LogP) is 1.71. The largest absolute Gasteiger partial charge is 0.383 e. The number of aromatic nitrogens is 3. The van der Waals surface area contributed by atoms with Crippen LogP contribution in [0.25, 0.3) is 21.7 Å². The lowest BCUT2D eigenvalue weighted by Gasteiger charge is -2.26. The molecule has 0 aromatic carbocycles. The standard InChI is InChI=1S/C15H15N5O3S/c1-8-6-10(19-23-8)13-17-12(16)9-7-11(24-14(9)18-13)15(21)20-2-4-22-5-3-20/h6-7H,2-5H2,1H3,(H2,16,17,18). The number of morpholine rings is 1. The number of amides is 1. The molecule has 0 saturated carbocycles. The summed E-state index contributed by atoms with van der Waals surface area (Å²) in [5.74, 6) is 1.36. The third-order valence-electron chi connectivity index (χ3n) is 3.79. The van der Waals surface area contributed by atoms with E-state index in [1.165, 1.54) is 11.3 Å². The van der Waals surface area contributed by atoms with Crippen molar-refractivity contribution >= 4 is 33.3 Å². The van der Waals surface area contributed by atoms with Gasteiger partial charge in [-0.2, -0.15) is 0 Å². The molecule has 1 aliphatic rings. The molecule has 1 amide bonds. The van der Waals surface area contributed by atoms with Crippen molar-refractivity contribution in [1.29, 1.82) is 0 Å². The molecule has 1 saturated heterocycles. The summed E-state index contributed by atoms with van der Waals surface area (Å²) in [5.41, 5.74) is 6.57. The molecule has 124 valence electrons. The van der Waals surface area contributed by atoms with Crippen molar-refractivity contribution in [3.8, 4) is 11.5 Å². The summed E-state index contributed by atoms with van der Waals surface area (Å²) in [4.78, 5) is 24.4. The smallest absolute Gasteiger partial charge is 0.264 e. The highest BCUT2D eigenvalue weighted by Gasteiger charge is 2.22. The maximum Gasteiger partial charge on any atom is 0.264 e. The van der Waals surface area contributed by atoms with E-state index in [0.717, 1.165) is 0 Å². The Bertz CT molecular complexity index is 913. The first kappa shape index (κ1) is 15.0. The summed E-state index contributed by atoms with van der Waals surface area (Å²) in [6.45, 7) is 4.11. The van der Waals surface area contributed by atoms with E-state index in [2.05, 4.69) is 15.1 Å². The Labute approximate surface area is 141 Å². The molecule has 3 aromatic rings. The lowest BCUT2D eigenvalue weighted by Crippen LogP contribution is -2.40. The lowest BCUT2D eigenvalue weighted by atomic mass is 10.3. The van der Waals surface area contributed by atoms with Crippen LogP contribution in [0.15, 0.2) is 16.7 Å². The van der Waals surface area contributed by atoms with Crippen molar-refractivity contribution in [2.24, 2.45) is 0 Å². The molecule has 24 heavy (non-hydrogen) atoms. The summed E-state index contributed by atoms with van der Waals surface area (Å²) in [7, 11) is 0. The highest BCUT2D eigenvalue weighted by Crippen LogP contribution is 2.30. The summed E-state index contributed by atoms with van der Waals surface area (Å²) < 4.78 is 10.3. The van der Waals surface area contributed by atoms with Crippen LogP contribution in [0.5, 0.6) is 0 Å². The van der Waals surface area contributed by atoms with Crippen LogP contribution in [-0.2, 0) is 4.74 Å². The van der Waals surface area contributed by atoms with Gasteiger partial charge in [0.25, 0.3) is 5.91 Å². The normalized spacial score (nSPS) is 15.1. The van der Waals surface area contributed by atoms with Gasteiger partial charge in [-0.15, -0.1) is 11.3 Å². The highest BCUT2D eigenvalue weighted by molar-refractivity contribution is 7.20. The van der Waals surface area contributed by atoms with Gasteiger partial charge in [0, 0.05) is 19.2 Å². The molecule has 0 radical (unpaired) electrons. The average molecular weight is 345 g/mol.